The Morgan fingerprint density at radius 3 is 2.71 bits per heavy atom. The van der Waals surface area contributed by atoms with E-state index in [0.717, 1.165) is 24.5 Å². The van der Waals surface area contributed by atoms with Gasteiger partial charge in [0, 0.05) is 23.8 Å². The monoisotopic (exact) mass is 289 g/mol. The molecule has 0 saturated heterocycles. The van der Waals surface area contributed by atoms with Gasteiger partial charge in [-0.1, -0.05) is 27.2 Å². The summed E-state index contributed by atoms with van der Waals surface area (Å²) in [5.41, 5.74) is 1.67. The molecule has 1 amide bonds. The van der Waals surface area contributed by atoms with E-state index in [1.54, 1.807) is 0 Å². The van der Waals surface area contributed by atoms with E-state index in [-0.39, 0.29) is 5.91 Å². The van der Waals surface area contributed by atoms with Crippen LogP contribution in [0.15, 0.2) is 12.1 Å². The molecule has 1 aromatic heterocycles. The second-order valence-corrected chi connectivity index (χ2v) is 6.34. The Morgan fingerprint density at radius 1 is 1.38 bits per heavy atom. The van der Waals surface area contributed by atoms with Crippen molar-refractivity contribution >= 4 is 11.7 Å². The molecule has 1 saturated carbocycles. The minimum absolute atomic E-state index is 0.0252. The molecule has 1 heterocycles. The summed E-state index contributed by atoms with van der Waals surface area (Å²) in [6.45, 7) is 9.24. The first-order chi connectivity index (χ1) is 10.0. The van der Waals surface area contributed by atoms with Gasteiger partial charge < -0.3 is 10.6 Å². The lowest BCUT2D eigenvalue weighted by atomic mass is 10.0. The largest absolute Gasteiger partial charge is 0.370 e. The van der Waals surface area contributed by atoms with Crippen molar-refractivity contribution in [1.29, 1.82) is 0 Å². The lowest BCUT2D eigenvalue weighted by Crippen LogP contribution is -2.36. The van der Waals surface area contributed by atoms with Crippen LogP contribution in [0.3, 0.4) is 0 Å². The van der Waals surface area contributed by atoms with Crippen LogP contribution in [0.25, 0.3) is 0 Å². The van der Waals surface area contributed by atoms with Crippen LogP contribution < -0.4 is 10.6 Å². The maximum atomic E-state index is 12.5. The molecule has 2 rings (SSSR count). The Kier molecular flexibility index (Phi) is 5.21. The SMILES string of the molecule is CCNc1cc(C(=O)NC2CCCC2C)cc(C(C)C)n1. The van der Waals surface area contributed by atoms with E-state index in [9.17, 15) is 4.79 Å². The first kappa shape index (κ1) is 15.8. The van der Waals surface area contributed by atoms with Crippen LogP contribution in [0.2, 0.25) is 0 Å². The van der Waals surface area contributed by atoms with E-state index in [1.165, 1.54) is 12.8 Å². The Balaban J connectivity index is 2.18. The molecule has 4 nitrogen and oxygen atoms in total. The normalized spacial score (nSPS) is 21.6. The Hall–Kier alpha value is -1.58. The van der Waals surface area contributed by atoms with E-state index < -0.39 is 0 Å². The van der Waals surface area contributed by atoms with Crippen molar-refractivity contribution in [2.75, 3.05) is 11.9 Å². The van der Waals surface area contributed by atoms with Gasteiger partial charge in [-0.3, -0.25) is 4.79 Å². The second-order valence-electron chi connectivity index (χ2n) is 6.34. The number of carbonyl (C=O) groups is 1. The summed E-state index contributed by atoms with van der Waals surface area (Å²) >= 11 is 0. The Labute approximate surface area is 127 Å². The molecular weight excluding hydrogens is 262 g/mol. The number of hydrogen-bond donors (Lipinski definition) is 2. The van der Waals surface area contributed by atoms with Crippen molar-refractivity contribution in [3.05, 3.63) is 23.4 Å². The number of carbonyl (C=O) groups excluding carboxylic acids is 1. The van der Waals surface area contributed by atoms with Gasteiger partial charge in [-0.05, 0) is 43.7 Å². The zero-order chi connectivity index (χ0) is 15.4. The summed E-state index contributed by atoms with van der Waals surface area (Å²) in [6.07, 6.45) is 3.51. The van der Waals surface area contributed by atoms with Gasteiger partial charge in [0.15, 0.2) is 0 Å². The minimum atomic E-state index is 0.0252. The molecule has 4 heteroatoms. The highest BCUT2D eigenvalue weighted by Crippen LogP contribution is 2.25. The summed E-state index contributed by atoms with van der Waals surface area (Å²) in [6, 6.07) is 4.08. The molecule has 0 aromatic carbocycles. The van der Waals surface area contributed by atoms with Gasteiger partial charge in [0.1, 0.15) is 5.82 Å². The number of hydrogen-bond acceptors (Lipinski definition) is 3. The van der Waals surface area contributed by atoms with Gasteiger partial charge in [0.05, 0.1) is 0 Å². The number of anilines is 1. The second kappa shape index (κ2) is 6.92. The maximum absolute atomic E-state index is 12.5. The summed E-state index contributed by atoms with van der Waals surface area (Å²) in [4.78, 5) is 17.1. The summed E-state index contributed by atoms with van der Waals surface area (Å²) in [5, 5.41) is 6.40. The lowest BCUT2D eigenvalue weighted by Gasteiger charge is -2.18. The fourth-order valence-corrected chi connectivity index (χ4v) is 2.86. The molecule has 0 radical (unpaired) electrons. The predicted octanol–water partition coefficient (Wildman–Crippen LogP) is 3.56. The zero-order valence-corrected chi connectivity index (χ0v) is 13.6. The van der Waals surface area contributed by atoms with Crippen LogP contribution in [-0.2, 0) is 0 Å². The number of pyridine rings is 1. The highest BCUT2D eigenvalue weighted by Gasteiger charge is 2.25. The highest BCUT2D eigenvalue weighted by atomic mass is 16.1. The van der Waals surface area contributed by atoms with Crippen molar-refractivity contribution in [2.24, 2.45) is 5.92 Å². The molecular formula is C17H27N3O. The molecule has 2 N–H and O–H groups in total. The topological polar surface area (TPSA) is 54.0 Å². The van der Waals surface area contributed by atoms with Crippen molar-refractivity contribution < 1.29 is 4.79 Å². The first-order valence-electron chi connectivity index (χ1n) is 8.08. The third-order valence-electron chi connectivity index (χ3n) is 4.23. The third-order valence-corrected chi connectivity index (χ3v) is 4.23. The fourth-order valence-electron chi connectivity index (χ4n) is 2.86. The van der Waals surface area contributed by atoms with E-state index in [4.69, 9.17) is 0 Å². The van der Waals surface area contributed by atoms with Crippen LogP contribution in [0.5, 0.6) is 0 Å². The van der Waals surface area contributed by atoms with E-state index in [0.29, 0.717) is 23.4 Å². The zero-order valence-electron chi connectivity index (χ0n) is 13.6. The number of amides is 1. The van der Waals surface area contributed by atoms with Gasteiger partial charge in [-0.2, -0.15) is 0 Å². The standard InChI is InChI=1S/C17H27N3O/c1-5-18-16-10-13(9-15(19-16)11(2)3)17(21)20-14-8-6-7-12(14)4/h9-12,14H,5-8H2,1-4H3,(H,18,19)(H,20,21). The number of rotatable bonds is 5. The number of aromatic nitrogens is 1. The third kappa shape index (κ3) is 3.96. The molecule has 0 spiro atoms. The first-order valence-corrected chi connectivity index (χ1v) is 8.08. The van der Waals surface area contributed by atoms with Crippen LogP contribution in [0.4, 0.5) is 5.82 Å². The lowest BCUT2D eigenvalue weighted by molar-refractivity contribution is 0.0929. The van der Waals surface area contributed by atoms with E-state index in [2.05, 4.69) is 36.4 Å². The number of nitrogens with zero attached hydrogens (tertiary/aromatic N) is 1. The van der Waals surface area contributed by atoms with Gasteiger partial charge >= 0.3 is 0 Å². The van der Waals surface area contributed by atoms with Gasteiger partial charge in [-0.25, -0.2) is 4.98 Å². The Morgan fingerprint density at radius 2 is 2.14 bits per heavy atom. The molecule has 2 unspecified atom stereocenters. The maximum Gasteiger partial charge on any atom is 0.251 e. The van der Waals surface area contributed by atoms with Crippen molar-refractivity contribution in [3.63, 3.8) is 0 Å². The van der Waals surface area contributed by atoms with E-state index >= 15 is 0 Å². The van der Waals surface area contributed by atoms with Crippen LogP contribution in [-0.4, -0.2) is 23.5 Å². The molecule has 1 fully saturated rings. The molecule has 2 atom stereocenters. The smallest absolute Gasteiger partial charge is 0.251 e. The quantitative estimate of drug-likeness (QED) is 0.871. The van der Waals surface area contributed by atoms with E-state index in [1.807, 2.05) is 19.1 Å². The fraction of sp³-hybridized carbons (Fsp3) is 0.647. The van der Waals surface area contributed by atoms with Gasteiger partial charge in [-0.15, -0.1) is 0 Å². The molecule has 1 aliphatic carbocycles. The van der Waals surface area contributed by atoms with Crippen molar-refractivity contribution in [1.82, 2.24) is 10.3 Å². The summed E-state index contributed by atoms with van der Waals surface area (Å²) in [5.74, 6) is 1.69. The van der Waals surface area contributed by atoms with Crippen LogP contribution in [0.1, 0.15) is 68.9 Å². The van der Waals surface area contributed by atoms with Crippen molar-refractivity contribution in [2.45, 2.75) is 58.9 Å². The average Bonchev–Trinajstić information content (AvgIpc) is 2.84. The van der Waals surface area contributed by atoms with Crippen LogP contribution in [0, 0.1) is 5.92 Å². The van der Waals surface area contributed by atoms with Crippen molar-refractivity contribution in [3.8, 4) is 0 Å². The predicted molar refractivity (Wildman–Crippen MR) is 86.8 cm³/mol. The molecule has 0 bridgehead atoms. The summed E-state index contributed by atoms with van der Waals surface area (Å²) in [7, 11) is 0. The molecule has 1 aromatic rings. The van der Waals surface area contributed by atoms with Gasteiger partial charge in [0.25, 0.3) is 5.91 Å². The average molecular weight is 289 g/mol. The Bertz CT molecular complexity index is 499. The number of nitrogens with one attached hydrogen (secondary N) is 2. The molecule has 21 heavy (non-hydrogen) atoms. The van der Waals surface area contributed by atoms with Gasteiger partial charge in [0.2, 0.25) is 0 Å². The highest BCUT2D eigenvalue weighted by molar-refractivity contribution is 5.95. The molecule has 1 aliphatic rings. The molecule has 0 aliphatic heterocycles. The van der Waals surface area contributed by atoms with Crippen LogP contribution >= 0.6 is 0 Å². The molecule has 116 valence electrons. The minimum Gasteiger partial charge on any atom is -0.370 e. The summed E-state index contributed by atoms with van der Waals surface area (Å²) < 4.78 is 0.